The van der Waals surface area contributed by atoms with Crippen molar-refractivity contribution >= 4 is 54.1 Å². The summed E-state index contributed by atoms with van der Waals surface area (Å²) in [6.45, 7) is 2.63. The molecule has 5 nitrogen and oxygen atoms in total. The molecule has 1 aliphatic rings. The second-order valence-electron chi connectivity index (χ2n) is 6.40. The Morgan fingerprint density at radius 1 is 1.07 bits per heavy atom. The van der Waals surface area contributed by atoms with E-state index in [0.717, 1.165) is 20.0 Å². The van der Waals surface area contributed by atoms with Crippen LogP contribution in [0.2, 0.25) is 0 Å². The molecule has 5 rings (SSSR count). The van der Waals surface area contributed by atoms with E-state index < -0.39 is 0 Å². The van der Waals surface area contributed by atoms with Crippen molar-refractivity contribution in [3.63, 3.8) is 0 Å². The van der Waals surface area contributed by atoms with Crippen molar-refractivity contribution in [2.45, 2.75) is 0 Å². The highest BCUT2D eigenvalue weighted by Gasteiger charge is 2.24. The lowest BCUT2D eigenvalue weighted by Gasteiger charge is -2.34. The minimum Gasteiger partial charge on any atom is -0.345 e. The molecule has 1 aliphatic heterocycles. The molecular formula is C19H15FN4OS2. The number of hydrogen-bond acceptors (Lipinski definition) is 6. The van der Waals surface area contributed by atoms with Crippen LogP contribution in [0.3, 0.4) is 0 Å². The zero-order valence-electron chi connectivity index (χ0n) is 14.3. The molecule has 1 saturated heterocycles. The van der Waals surface area contributed by atoms with E-state index in [0.29, 0.717) is 37.3 Å². The Balaban J connectivity index is 1.31. The van der Waals surface area contributed by atoms with Crippen LogP contribution < -0.4 is 4.90 Å². The Hall–Kier alpha value is -2.58. The minimum absolute atomic E-state index is 0.0419. The van der Waals surface area contributed by atoms with Crippen LogP contribution in [0, 0.1) is 5.82 Å². The lowest BCUT2D eigenvalue weighted by molar-refractivity contribution is 0.0747. The molecule has 0 spiro atoms. The summed E-state index contributed by atoms with van der Waals surface area (Å²) >= 11 is 3.03. The van der Waals surface area contributed by atoms with Gasteiger partial charge in [0.05, 0.1) is 20.4 Å². The Morgan fingerprint density at radius 3 is 2.74 bits per heavy atom. The van der Waals surface area contributed by atoms with Gasteiger partial charge in [0.25, 0.3) is 5.91 Å². The van der Waals surface area contributed by atoms with Crippen molar-refractivity contribution in [1.82, 2.24) is 14.9 Å². The van der Waals surface area contributed by atoms with E-state index in [9.17, 15) is 9.18 Å². The minimum atomic E-state index is -0.290. The van der Waals surface area contributed by atoms with Crippen molar-refractivity contribution in [3.8, 4) is 0 Å². The van der Waals surface area contributed by atoms with Crippen LogP contribution in [0.1, 0.15) is 10.4 Å². The summed E-state index contributed by atoms with van der Waals surface area (Å²) in [5, 5.41) is 0.813. The van der Waals surface area contributed by atoms with Crippen LogP contribution in [0.5, 0.6) is 0 Å². The van der Waals surface area contributed by atoms with Crippen molar-refractivity contribution in [1.29, 1.82) is 0 Å². The fourth-order valence-corrected chi connectivity index (χ4v) is 5.06. The van der Waals surface area contributed by atoms with Crippen LogP contribution in [0.15, 0.2) is 41.9 Å². The van der Waals surface area contributed by atoms with Gasteiger partial charge in [0.15, 0.2) is 5.13 Å². The second-order valence-corrected chi connectivity index (χ2v) is 8.29. The number of aromatic nitrogens is 2. The molecule has 0 aliphatic carbocycles. The first-order chi connectivity index (χ1) is 13.2. The second kappa shape index (κ2) is 6.54. The number of benzene rings is 2. The first-order valence-corrected chi connectivity index (χ1v) is 10.3. The molecule has 2 aromatic heterocycles. The van der Waals surface area contributed by atoms with Gasteiger partial charge < -0.3 is 9.80 Å². The van der Waals surface area contributed by atoms with E-state index in [1.807, 2.05) is 29.2 Å². The predicted octanol–water partition coefficient (Wildman–Crippen LogP) is 4.01. The van der Waals surface area contributed by atoms with Gasteiger partial charge in [0.1, 0.15) is 11.3 Å². The van der Waals surface area contributed by atoms with Crippen LogP contribution in [0.4, 0.5) is 9.52 Å². The number of fused-ring (bicyclic) bond motifs is 2. The number of nitrogens with zero attached hydrogens (tertiary/aromatic N) is 4. The third kappa shape index (κ3) is 2.94. The maximum Gasteiger partial charge on any atom is 0.254 e. The van der Waals surface area contributed by atoms with Gasteiger partial charge in [-0.15, -0.1) is 11.3 Å². The number of amides is 1. The summed E-state index contributed by atoms with van der Waals surface area (Å²) in [5.41, 5.74) is 3.83. The lowest BCUT2D eigenvalue weighted by Crippen LogP contribution is -2.48. The number of piperazine rings is 1. The molecular weight excluding hydrogens is 383 g/mol. The Bertz CT molecular complexity index is 1150. The smallest absolute Gasteiger partial charge is 0.254 e. The highest BCUT2D eigenvalue weighted by Crippen LogP contribution is 2.31. The molecule has 1 amide bonds. The van der Waals surface area contributed by atoms with Crippen molar-refractivity contribution in [2.24, 2.45) is 0 Å². The molecule has 8 heteroatoms. The normalized spacial score (nSPS) is 15.0. The average molecular weight is 398 g/mol. The molecule has 27 heavy (non-hydrogen) atoms. The van der Waals surface area contributed by atoms with E-state index in [1.165, 1.54) is 28.7 Å². The summed E-state index contributed by atoms with van der Waals surface area (Å²) in [5.74, 6) is -0.248. The van der Waals surface area contributed by atoms with Gasteiger partial charge in [-0.05, 0) is 30.3 Å². The molecule has 0 saturated carbocycles. The van der Waals surface area contributed by atoms with Gasteiger partial charge in [-0.3, -0.25) is 4.79 Å². The van der Waals surface area contributed by atoms with E-state index in [2.05, 4.69) is 14.9 Å². The monoisotopic (exact) mass is 398 g/mol. The van der Waals surface area contributed by atoms with E-state index in [4.69, 9.17) is 0 Å². The van der Waals surface area contributed by atoms with Gasteiger partial charge in [-0.1, -0.05) is 17.4 Å². The molecule has 0 unspecified atom stereocenters. The largest absolute Gasteiger partial charge is 0.345 e. The first-order valence-electron chi connectivity index (χ1n) is 8.61. The molecule has 4 aromatic rings. The highest BCUT2D eigenvalue weighted by molar-refractivity contribution is 7.22. The maximum atomic E-state index is 13.9. The van der Waals surface area contributed by atoms with Crippen molar-refractivity contribution in [2.75, 3.05) is 31.1 Å². The highest BCUT2D eigenvalue weighted by atomic mass is 32.1. The molecule has 136 valence electrons. The fourth-order valence-electron chi connectivity index (χ4n) is 3.31. The zero-order chi connectivity index (χ0) is 18.4. The summed E-state index contributed by atoms with van der Waals surface area (Å²) in [4.78, 5) is 25.5. The Labute approximate surface area is 162 Å². The number of thiazole rings is 2. The molecule has 0 bridgehead atoms. The van der Waals surface area contributed by atoms with Gasteiger partial charge >= 0.3 is 0 Å². The van der Waals surface area contributed by atoms with Gasteiger partial charge in [-0.25, -0.2) is 14.4 Å². The van der Waals surface area contributed by atoms with Gasteiger partial charge in [0.2, 0.25) is 0 Å². The number of halogens is 1. The van der Waals surface area contributed by atoms with Crippen LogP contribution in [0.25, 0.3) is 20.4 Å². The number of anilines is 1. The van der Waals surface area contributed by atoms with Crippen LogP contribution in [-0.4, -0.2) is 47.0 Å². The summed E-state index contributed by atoms with van der Waals surface area (Å²) in [6.07, 6.45) is 0. The first kappa shape index (κ1) is 16.6. The van der Waals surface area contributed by atoms with E-state index in [-0.39, 0.29) is 11.7 Å². The van der Waals surface area contributed by atoms with Crippen LogP contribution >= 0.6 is 22.7 Å². The molecule has 0 atom stereocenters. The maximum absolute atomic E-state index is 13.9. The lowest BCUT2D eigenvalue weighted by atomic mass is 10.1. The molecule has 0 N–H and O–H groups in total. The van der Waals surface area contributed by atoms with Crippen molar-refractivity contribution in [3.05, 3.63) is 53.3 Å². The number of para-hydroxylation sites is 1. The number of hydrogen-bond donors (Lipinski definition) is 0. The molecule has 3 heterocycles. The van der Waals surface area contributed by atoms with E-state index in [1.54, 1.807) is 11.6 Å². The Morgan fingerprint density at radius 2 is 1.93 bits per heavy atom. The van der Waals surface area contributed by atoms with Crippen LogP contribution in [-0.2, 0) is 0 Å². The van der Waals surface area contributed by atoms with E-state index >= 15 is 0 Å². The fraction of sp³-hybridized carbons (Fsp3) is 0.211. The topological polar surface area (TPSA) is 49.3 Å². The summed E-state index contributed by atoms with van der Waals surface area (Å²) in [7, 11) is 0. The number of rotatable bonds is 2. The van der Waals surface area contributed by atoms with Gasteiger partial charge in [0, 0.05) is 31.7 Å². The SMILES string of the molecule is O=C(c1ccc2ncsc2c1)N1CCN(c2nc3c(F)cccc3s2)CC1. The third-order valence-electron chi connectivity index (χ3n) is 4.77. The Kier molecular flexibility index (Phi) is 4.02. The number of carbonyl (C=O) groups is 1. The number of carbonyl (C=O) groups excluding carboxylic acids is 1. The molecule has 2 aromatic carbocycles. The van der Waals surface area contributed by atoms with Crippen molar-refractivity contribution < 1.29 is 9.18 Å². The predicted molar refractivity (Wildman–Crippen MR) is 107 cm³/mol. The van der Waals surface area contributed by atoms with Gasteiger partial charge in [-0.2, -0.15) is 0 Å². The molecule has 1 fully saturated rings. The molecule has 0 radical (unpaired) electrons. The summed E-state index contributed by atoms with van der Waals surface area (Å²) < 4.78 is 15.8. The quantitative estimate of drug-likeness (QED) is 0.512. The zero-order valence-corrected chi connectivity index (χ0v) is 15.9. The average Bonchev–Trinajstić information content (AvgIpc) is 3.34. The third-order valence-corrected chi connectivity index (χ3v) is 6.65. The summed E-state index contributed by atoms with van der Waals surface area (Å²) in [6, 6.07) is 10.7. The standard InChI is InChI=1S/C19H15FN4OS2/c20-13-2-1-3-15-17(13)22-19(27-15)24-8-6-23(7-9-24)18(25)12-4-5-14-16(10-12)26-11-21-14/h1-5,10-11H,6-9H2.